The second kappa shape index (κ2) is 5.44. The molecule has 114 valence electrons. The van der Waals surface area contributed by atoms with E-state index < -0.39 is 0 Å². The lowest BCUT2D eigenvalue weighted by atomic mass is 10.0. The minimum absolute atomic E-state index is 0.511. The Balaban J connectivity index is 2.19. The summed E-state index contributed by atoms with van der Waals surface area (Å²) in [5.41, 5.74) is 5.00. The highest BCUT2D eigenvalue weighted by Gasteiger charge is 2.15. The normalized spacial score (nSPS) is 11.5. The zero-order valence-electron chi connectivity index (χ0n) is 11.9. The van der Waals surface area contributed by atoms with Crippen LogP contribution in [0, 0.1) is 6.92 Å². The molecule has 0 aliphatic heterocycles. The van der Waals surface area contributed by atoms with Crippen LogP contribution in [0.15, 0.2) is 41.1 Å². The van der Waals surface area contributed by atoms with E-state index in [4.69, 9.17) is 28.2 Å². The van der Waals surface area contributed by atoms with Crippen LogP contribution in [0.25, 0.3) is 27.8 Å². The predicted octanol–water partition coefficient (Wildman–Crippen LogP) is 5.32. The summed E-state index contributed by atoms with van der Waals surface area (Å²) in [7, 11) is 0. The van der Waals surface area contributed by atoms with Crippen molar-refractivity contribution in [2.75, 3.05) is 0 Å². The fourth-order valence-electron chi connectivity index (χ4n) is 2.68. The highest BCUT2D eigenvalue weighted by Crippen LogP contribution is 2.38. The van der Waals surface area contributed by atoms with Gasteiger partial charge in [-0.2, -0.15) is 0 Å². The lowest BCUT2D eigenvalue weighted by molar-refractivity contribution is 1.10. The molecule has 0 atom stereocenters. The zero-order valence-corrected chi connectivity index (χ0v) is 15.0. The second-order valence-corrected chi connectivity index (χ2v) is 6.85. The maximum atomic E-state index is 6.41. The lowest BCUT2D eigenvalue weighted by Gasteiger charge is -2.12. The maximum Gasteiger partial charge on any atom is 0.182 e. The van der Waals surface area contributed by atoms with Gasteiger partial charge in [-0.15, -0.1) is 10.2 Å². The molecule has 0 aliphatic carbocycles. The summed E-state index contributed by atoms with van der Waals surface area (Å²) in [6, 6.07) is 9.55. The Morgan fingerprint density at radius 3 is 2.78 bits per heavy atom. The van der Waals surface area contributed by atoms with Gasteiger partial charge in [0.15, 0.2) is 5.65 Å². The molecule has 0 aliphatic rings. The molecule has 2 heterocycles. The highest BCUT2D eigenvalue weighted by molar-refractivity contribution is 9.10. The standard InChI is InChI=1S/C16H9BrCl2N4/c1-8-16-22-20-7-23(16)13-6-9(17)5-11(15(13)21-8)10-3-2-4-12(18)14(10)19/h2-7H,1H3. The van der Waals surface area contributed by atoms with Crippen LogP contribution in [0.4, 0.5) is 0 Å². The third kappa shape index (κ3) is 2.31. The first-order chi connectivity index (χ1) is 11.1. The number of nitrogens with zero attached hydrogens (tertiary/aromatic N) is 4. The highest BCUT2D eigenvalue weighted by atomic mass is 79.9. The van der Waals surface area contributed by atoms with E-state index in [1.54, 1.807) is 12.4 Å². The molecule has 4 aromatic rings. The van der Waals surface area contributed by atoms with Crippen molar-refractivity contribution < 1.29 is 0 Å². The van der Waals surface area contributed by atoms with Crippen LogP contribution < -0.4 is 0 Å². The SMILES string of the molecule is Cc1nc2c(-c3cccc(Cl)c3Cl)cc(Br)cc2n2cnnc12. The molecule has 0 saturated heterocycles. The van der Waals surface area contributed by atoms with E-state index in [9.17, 15) is 0 Å². The Labute approximate surface area is 150 Å². The second-order valence-electron chi connectivity index (χ2n) is 5.14. The van der Waals surface area contributed by atoms with Gasteiger partial charge in [0.05, 0.1) is 26.8 Å². The number of aryl methyl sites for hydroxylation is 1. The number of benzene rings is 2. The number of fused-ring (bicyclic) bond motifs is 3. The number of hydrogen-bond donors (Lipinski definition) is 0. The number of aromatic nitrogens is 4. The van der Waals surface area contributed by atoms with E-state index in [0.717, 1.165) is 38.0 Å². The molecule has 0 bridgehead atoms. The molecule has 0 radical (unpaired) electrons. The molecule has 0 spiro atoms. The molecule has 0 unspecified atom stereocenters. The molecule has 7 heteroatoms. The summed E-state index contributed by atoms with van der Waals surface area (Å²) in [6.07, 6.45) is 1.68. The Kier molecular flexibility index (Phi) is 3.52. The molecular formula is C16H9BrCl2N4. The lowest BCUT2D eigenvalue weighted by Crippen LogP contribution is -1.97. The number of halogens is 3. The monoisotopic (exact) mass is 406 g/mol. The number of hydrogen-bond acceptors (Lipinski definition) is 3. The maximum absolute atomic E-state index is 6.41. The summed E-state index contributed by atoms with van der Waals surface area (Å²) >= 11 is 16.1. The Morgan fingerprint density at radius 2 is 1.96 bits per heavy atom. The van der Waals surface area contributed by atoms with Gasteiger partial charge in [-0.05, 0) is 25.1 Å². The van der Waals surface area contributed by atoms with Gasteiger partial charge in [-0.25, -0.2) is 4.98 Å². The van der Waals surface area contributed by atoms with Crippen LogP contribution in [0.5, 0.6) is 0 Å². The minimum Gasteiger partial charge on any atom is -0.278 e. The van der Waals surface area contributed by atoms with Gasteiger partial charge in [-0.1, -0.05) is 51.3 Å². The molecule has 0 N–H and O–H groups in total. The van der Waals surface area contributed by atoms with Gasteiger partial charge in [0, 0.05) is 15.6 Å². The molecule has 0 saturated carbocycles. The van der Waals surface area contributed by atoms with E-state index in [0.29, 0.717) is 10.0 Å². The van der Waals surface area contributed by atoms with Gasteiger partial charge < -0.3 is 0 Å². The molecule has 2 aromatic carbocycles. The fraction of sp³-hybridized carbons (Fsp3) is 0.0625. The molecule has 23 heavy (non-hydrogen) atoms. The van der Waals surface area contributed by atoms with Crippen LogP contribution in [0.1, 0.15) is 5.69 Å². The Morgan fingerprint density at radius 1 is 1.13 bits per heavy atom. The average Bonchev–Trinajstić information content (AvgIpc) is 3.01. The third-order valence-corrected chi connectivity index (χ3v) is 4.98. The largest absolute Gasteiger partial charge is 0.278 e. The molecule has 4 rings (SSSR count). The van der Waals surface area contributed by atoms with Gasteiger partial charge in [0.25, 0.3) is 0 Å². The van der Waals surface area contributed by atoms with Crippen molar-refractivity contribution in [3.8, 4) is 11.1 Å². The smallest absolute Gasteiger partial charge is 0.182 e. The predicted molar refractivity (Wildman–Crippen MR) is 96.2 cm³/mol. The average molecular weight is 408 g/mol. The number of rotatable bonds is 1. The van der Waals surface area contributed by atoms with Crippen molar-refractivity contribution in [1.82, 2.24) is 19.6 Å². The molecule has 4 nitrogen and oxygen atoms in total. The van der Waals surface area contributed by atoms with Crippen molar-refractivity contribution in [3.05, 3.63) is 56.9 Å². The van der Waals surface area contributed by atoms with E-state index in [1.165, 1.54) is 0 Å². The zero-order chi connectivity index (χ0) is 16.1. The summed E-state index contributed by atoms with van der Waals surface area (Å²) in [5, 5.41) is 9.13. The molecule has 2 aromatic heterocycles. The summed E-state index contributed by atoms with van der Waals surface area (Å²) in [5.74, 6) is 0. The minimum atomic E-state index is 0.511. The van der Waals surface area contributed by atoms with Gasteiger partial charge >= 0.3 is 0 Å². The summed E-state index contributed by atoms with van der Waals surface area (Å²) in [4.78, 5) is 4.72. The molecule has 0 fully saturated rings. The van der Waals surface area contributed by atoms with E-state index in [1.807, 2.05) is 35.6 Å². The summed E-state index contributed by atoms with van der Waals surface area (Å²) in [6.45, 7) is 1.91. The van der Waals surface area contributed by atoms with Crippen LogP contribution >= 0.6 is 39.1 Å². The molecular weight excluding hydrogens is 399 g/mol. The first-order valence-electron chi connectivity index (χ1n) is 6.80. The van der Waals surface area contributed by atoms with Crippen LogP contribution in [-0.4, -0.2) is 19.6 Å². The van der Waals surface area contributed by atoms with Crippen LogP contribution in [-0.2, 0) is 0 Å². The van der Waals surface area contributed by atoms with Gasteiger partial charge in [0.2, 0.25) is 0 Å². The van der Waals surface area contributed by atoms with Crippen molar-refractivity contribution >= 4 is 55.8 Å². The van der Waals surface area contributed by atoms with Gasteiger partial charge in [-0.3, -0.25) is 4.40 Å². The van der Waals surface area contributed by atoms with E-state index in [-0.39, 0.29) is 0 Å². The topological polar surface area (TPSA) is 43.1 Å². The summed E-state index contributed by atoms with van der Waals surface area (Å²) < 4.78 is 2.83. The van der Waals surface area contributed by atoms with Crippen molar-refractivity contribution in [2.24, 2.45) is 0 Å². The first-order valence-corrected chi connectivity index (χ1v) is 8.35. The van der Waals surface area contributed by atoms with Crippen molar-refractivity contribution in [3.63, 3.8) is 0 Å². The van der Waals surface area contributed by atoms with Gasteiger partial charge in [0.1, 0.15) is 6.33 Å². The Bertz CT molecular complexity index is 1070. The quantitative estimate of drug-likeness (QED) is 0.428. The fourth-order valence-corrected chi connectivity index (χ4v) is 3.53. The van der Waals surface area contributed by atoms with Crippen molar-refractivity contribution in [1.29, 1.82) is 0 Å². The third-order valence-electron chi connectivity index (χ3n) is 3.71. The molecule has 0 amide bonds. The van der Waals surface area contributed by atoms with E-state index in [2.05, 4.69) is 26.1 Å². The Hall–Kier alpha value is -1.69. The van der Waals surface area contributed by atoms with Crippen LogP contribution in [0.3, 0.4) is 0 Å². The first kappa shape index (κ1) is 14.9. The van der Waals surface area contributed by atoms with Crippen molar-refractivity contribution in [2.45, 2.75) is 6.92 Å². The van der Waals surface area contributed by atoms with Crippen LogP contribution in [0.2, 0.25) is 10.0 Å². The van der Waals surface area contributed by atoms with E-state index >= 15 is 0 Å².